The summed E-state index contributed by atoms with van der Waals surface area (Å²) in [6.45, 7) is 0. The molecule has 2 aromatic carbocycles. The lowest BCUT2D eigenvalue weighted by Gasteiger charge is -2.09. The average Bonchev–Trinajstić information content (AvgIpc) is 2.49. The van der Waals surface area contributed by atoms with Crippen molar-refractivity contribution in [1.82, 2.24) is 0 Å². The van der Waals surface area contributed by atoms with Gasteiger partial charge in [0.2, 0.25) is 0 Å². The van der Waals surface area contributed by atoms with Gasteiger partial charge in [-0.15, -0.1) is 0 Å². The molecular formula is C17H14N2. The zero-order chi connectivity index (χ0) is 13.5. The Hall–Kier alpha value is -2.58. The van der Waals surface area contributed by atoms with Gasteiger partial charge in [-0.25, -0.2) is 0 Å². The van der Waals surface area contributed by atoms with Gasteiger partial charge in [0.15, 0.2) is 0 Å². The van der Waals surface area contributed by atoms with E-state index < -0.39 is 0 Å². The monoisotopic (exact) mass is 246 g/mol. The summed E-state index contributed by atoms with van der Waals surface area (Å²) in [4.78, 5) is 0. The maximum atomic E-state index is 9.27. The third-order valence-corrected chi connectivity index (χ3v) is 3.16. The van der Waals surface area contributed by atoms with Crippen LogP contribution in [0.3, 0.4) is 0 Å². The van der Waals surface area contributed by atoms with E-state index in [0.29, 0.717) is 5.56 Å². The largest absolute Gasteiger partial charge is 0.198 e. The molecule has 2 heteroatoms. The van der Waals surface area contributed by atoms with Gasteiger partial charge in [0, 0.05) is 0 Å². The SMILES string of the molecule is N#Cc1ccc(C(C#N)CCc2ccccc2)cc1. The molecule has 0 spiro atoms. The quantitative estimate of drug-likeness (QED) is 0.823. The molecule has 0 aliphatic carbocycles. The van der Waals surface area contributed by atoms with E-state index in [4.69, 9.17) is 5.26 Å². The second-order valence-corrected chi connectivity index (χ2v) is 4.44. The Morgan fingerprint density at radius 1 is 0.895 bits per heavy atom. The zero-order valence-electron chi connectivity index (χ0n) is 10.6. The molecule has 0 N–H and O–H groups in total. The van der Waals surface area contributed by atoms with Crippen LogP contribution in [0.25, 0.3) is 0 Å². The minimum atomic E-state index is -0.118. The van der Waals surface area contributed by atoms with E-state index in [1.54, 1.807) is 12.1 Å². The summed E-state index contributed by atoms with van der Waals surface area (Å²) in [6.07, 6.45) is 1.69. The number of nitrogens with zero attached hydrogens (tertiary/aromatic N) is 2. The predicted molar refractivity (Wildman–Crippen MR) is 74.3 cm³/mol. The summed E-state index contributed by atoms with van der Waals surface area (Å²) >= 11 is 0. The van der Waals surface area contributed by atoms with Gasteiger partial charge in [-0.1, -0.05) is 42.5 Å². The van der Waals surface area contributed by atoms with Crippen LogP contribution in [-0.2, 0) is 6.42 Å². The normalized spacial score (nSPS) is 11.3. The van der Waals surface area contributed by atoms with Gasteiger partial charge in [-0.05, 0) is 36.1 Å². The Balaban J connectivity index is 2.04. The molecule has 0 aliphatic heterocycles. The molecule has 0 saturated heterocycles. The highest BCUT2D eigenvalue weighted by molar-refractivity contribution is 5.35. The first-order chi connectivity index (χ1) is 9.33. The summed E-state index contributed by atoms with van der Waals surface area (Å²) in [5.41, 5.74) is 2.86. The molecule has 2 rings (SSSR count). The van der Waals surface area contributed by atoms with Crippen molar-refractivity contribution in [2.24, 2.45) is 0 Å². The van der Waals surface area contributed by atoms with Crippen LogP contribution in [0, 0.1) is 22.7 Å². The van der Waals surface area contributed by atoms with E-state index in [1.165, 1.54) is 5.56 Å². The first kappa shape index (κ1) is 12.9. The number of hydrogen-bond donors (Lipinski definition) is 0. The van der Waals surface area contributed by atoms with E-state index in [9.17, 15) is 5.26 Å². The maximum Gasteiger partial charge on any atom is 0.0991 e. The zero-order valence-corrected chi connectivity index (χ0v) is 10.6. The van der Waals surface area contributed by atoms with Crippen molar-refractivity contribution in [3.63, 3.8) is 0 Å². The Labute approximate surface area is 113 Å². The molecule has 2 aromatic rings. The summed E-state index contributed by atoms with van der Waals surface area (Å²) in [5.74, 6) is -0.118. The molecular weight excluding hydrogens is 232 g/mol. The van der Waals surface area contributed by atoms with E-state index >= 15 is 0 Å². The van der Waals surface area contributed by atoms with Crippen LogP contribution < -0.4 is 0 Å². The first-order valence-electron chi connectivity index (χ1n) is 6.27. The lowest BCUT2D eigenvalue weighted by Crippen LogP contribution is -1.98. The molecule has 0 saturated carbocycles. The molecule has 0 fully saturated rings. The lowest BCUT2D eigenvalue weighted by molar-refractivity contribution is 0.746. The molecule has 0 amide bonds. The minimum absolute atomic E-state index is 0.118. The summed E-state index contributed by atoms with van der Waals surface area (Å²) in [7, 11) is 0. The Bertz CT molecular complexity index is 600. The number of hydrogen-bond acceptors (Lipinski definition) is 2. The van der Waals surface area contributed by atoms with Gasteiger partial charge in [0.1, 0.15) is 0 Å². The molecule has 0 bridgehead atoms. The molecule has 92 valence electrons. The molecule has 2 nitrogen and oxygen atoms in total. The van der Waals surface area contributed by atoms with Crippen molar-refractivity contribution < 1.29 is 0 Å². The lowest BCUT2D eigenvalue weighted by atomic mass is 9.93. The Morgan fingerprint density at radius 3 is 2.16 bits per heavy atom. The molecule has 0 aliphatic rings. The van der Waals surface area contributed by atoms with Crippen LogP contribution in [-0.4, -0.2) is 0 Å². The number of aryl methyl sites for hydroxylation is 1. The fraction of sp³-hybridized carbons (Fsp3) is 0.176. The second-order valence-electron chi connectivity index (χ2n) is 4.44. The molecule has 0 radical (unpaired) electrons. The summed E-state index contributed by atoms with van der Waals surface area (Å²) in [5, 5.41) is 18.0. The topological polar surface area (TPSA) is 47.6 Å². The van der Waals surface area contributed by atoms with Crippen molar-refractivity contribution >= 4 is 0 Å². The van der Waals surface area contributed by atoms with E-state index in [-0.39, 0.29) is 5.92 Å². The van der Waals surface area contributed by atoms with Gasteiger partial charge in [-0.2, -0.15) is 10.5 Å². The van der Waals surface area contributed by atoms with Gasteiger partial charge in [0.05, 0.1) is 23.6 Å². The summed E-state index contributed by atoms with van der Waals surface area (Å²) in [6, 6.07) is 21.9. The molecule has 1 unspecified atom stereocenters. The van der Waals surface area contributed by atoms with Gasteiger partial charge >= 0.3 is 0 Å². The van der Waals surface area contributed by atoms with Crippen LogP contribution in [0.2, 0.25) is 0 Å². The second kappa shape index (κ2) is 6.38. The van der Waals surface area contributed by atoms with E-state index in [1.807, 2.05) is 30.3 Å². The first-order valence-corrected chi connectivity index (χ1v) is 6.27. The highest BCUT2D eigenvalue weighted by Crippen LogP contribution is 2.21. The third-order valence-electron chi connectivity index (χ3n) is 3.16. The van der Waals surface area contributed by atoms with Crippen LogP contribution >= 0.6 is 0 Å². The predicted octanol–water partition coefficient (Wildman–Crippen LogP) is 3.80. The van der Waals surface area contributed by atoms with Crippen molar-refractivity contribution in [1.29, 1.82) is 10.5 Å². The standard InChI is InChI=1S/C17H14N2/c18-12-15-7-9-16(10-8-15)17(13-19)11-6-14-4-2-1-3-5-14/h1-5,7-10,17H,6,11H2. The molecule has 19 heavy (non-hydrogen) atoms. The maximum absolute atomic E-state index is 9.27. The van der Waals surface area contributed by atoms with Gasteiger partial charge in [0.25, 0.3) is 0 Å². The van der Waals surface area contributed by atoms with Gasteiger partial charge < -0.3 is 0 Å². The molecule has 1 atom stereocenters. The van der Waals surface area contributed by atoms with Crippen molar-refractivity contribution in [3.05, 3.63) is 71.3 Å². The van der Waals surface area contributed by atoms with Crippen molar-refractivity contribution in [2.45, 2.75) is 18.8 Å². The fourth-order valence-electron chi connectivity index (χ4n) is 2.05. The summed E-state index contributed by atoms with van der Waals surface area (Å²) < 4.78 is 0. The highest BCUT2D eigenvalue weighted by Gasteiger charge is 2.10. The fourth-order valence-corrected chi connectivity index (χ4v) is 2.05. The van der Waals surface area contributed by atoms with Crippen LogP contribution in [0.15, 0.2) is 54.6 Å². The van der Waals surface area contributed by atoms with Gasteiger partial charge in [-0.3, -0.25) is 0 Å². The molecule has 0 heterocycles. The Kier molecular flexibility index (Phi) is 4.32. The van der Waals surface area contributed by atoms with Crippen LogP contribution in [0.4, 0.5) is 0 Å². The van der Waals surface area contributed by atoms with E-state index in [0.717, 1.165) is 18.4 Å². The number of benzene rings is 2. The average molecular weight is 246 g/mol. The van der Waals surface area contributed by atoms with Crippen LogP contribution in [0.1, 0.15) is 29.0 Å². The van der Waals surface area contributed by atoms with Crippen molar-refractivity contribution in [3.8, 4) is 12.1 Å². The highest BCUT2D eigenvalue weighted by atomic mass is 14.3. The number of nitriles is 2. The van der Waals surface area contributed by atoms with Crippen molar-refractivity contribution in [2.75, 3.05) is 0 Å². The van der Waals surface area contributed by atoms with E-state index in [2.05, 4.69) is 24.3 Å². The third kappa shape index (κ3) is 3.44. The molecule has 0 aromatic heterocycles. The Morgan fingerprint density at radius 2 is 1.58 bits per heavy atom. The smallest absolute Gasteiger partial charge is 0.0991 e. The van der Waals surface area contributed by atoms with Crippen LogP contribution in [0.5, 0.6) is 0 Å². The number of rotatable bonds is 4. The minimum Gasteiger partial charge on any atom is -0.198 e.